The highest BCUT2D eigenvalue weighted by Crippen LogP contribution is 2.57. The van der Waals surface area contributed by atoms with Crippen LogP contribution in [0.1, 0.15) is 30.5 Å². The molecule has 0 radical (unpaired) electrons. The largest absolute Gasteiger partial charge is 0.309 e. The van der Waals surface area contributed by atoms with Gasteiger partial charge in [-0.15, -0.1) is 12.6 Å². The van der Waals surface area contributed by atoms with E-state index in [1.165, 1.54) is 60.8 Å². The topological polar surface area (TPSA) is 43.6 Å². The van der Waals surface area contributed by atoms with Gasteiger partial charge in [-0.3, -0.25) is 0 Å². The molecule has 1 aliphatic carbocycles. The maximum absolute atomic E-state index is 5.05. The van der Waals surface area contributed by atoms with Crippen LogP contribution >= 0.6 is 12.6 Å². The molecule has 10 rings (SSSR count). The molecule has 258 valence electrons. The Bertz CT molecular complexity index is 2850. The summed E-state index contributed by atoms with van der Waals surface area (Å²) in [6.07, 6.45) is 0. The number of aryl methyl sites for hydroxylation is 1. The first-order valence-corrected chi connectivity index (χ1v) is 18.8. The predicted molar refractivity (Wildman–Crippen MR) is 225 cm³/mol. The van der Waals surface area contributed by atoms with Gasteiger partial charge < -0.3 is 4.57 Å². The summed E-state index contributed by atoms with van der Waals surface area (Å²) in [6, 6.07) is 55.4. The average molecular weight is 713 g/mol. The number of hydrogen-bond donors (Lipinski definition) is 1. The van der Waals surface area contributed by atoms with Crippen LogP contribution < -0.4 is 0 Å². The normalized spacial score (nSPS) is 13.0. The second-order valence-corrected chi connectivity index (χ2v) is 15.1. The molecule has 7 aromatic carbocycles. The molecular formula is C49H36N4S. The van der Waals surface area contributed by atoms with Crippen LogP contribution in [0.15, 0.2) is 163 Å². The number of nitrogens with zero attached hydrogens (tertiary/aromatic N) is 4. The van der Waals surface area contributed by atoms with Crippen molar-refractivity contribution in [3.05, 3.63) is 174 Å². The fourth-order valence-corrected chi connectivity index (χ4v) is 8.85. The third-order valence-corrected chi connectivity index (χ3v) is 11.5. The molecule has 9 aromatic rings. The van der Waals surface area contributed by atoms with Gasteiger partial charge in [0, 0.05) is 49.0 Å². The van der Waals surface area contributed by atoms with Crippen LogP contribution in [0.5, 0.6) is 0 Å². The Kier molecular flexibility index (Phi) is 7.43. The van der Waals surface area contributed by atoms with E-state index >= 15 is 0 Å². The lowest BCUT2D eigenvalue weighted by molar-refractivity contribution is 0.666. The molecular weight excluding hydrogens is 677 g/mol. The van der Waals surface area contributed by atoms with Gasteiger partial charge in [-0.2, -0.15) is 0 Å². The summed E-state index contributed by atoms with van der Waals surface area (Å²) in [5, 5.41) is 2.54. The van der Waals surface area contributed by atoms with E-state index in [9.17, 15) is 0 Å². The van der Waals surface area contributed by atoms with Crippen LogP contribution in [0.3, 0.4) is 0 Å². The van der Waals surface area contributed by atoms with Crippen LogP contribution in [0.2, 0.25) is 0 Å². The Labute approximate surface area is 320 Å². The fourth-order valence-electron chi connectivity index (χ4n) is 8.55. The van der Waals surface area contributed by atoms with Crippen molar-refractivity contribution in [3.8, 4) is 62.1 Å². The summed E-state index contributed by atoms with van der Waals surface area (Å²) in [6.45, 7) is 6.94. The van der Waals surface area contributed by atoms with E-state index in [-0.39, 0.29) is 5.41 Å². The van der Waals surface area contributed by atoms with Crippen LogP contribution in [-0.2, 0) is 5.41 Å². The second kappa shape index (κ2) is 12.4. The summed E-state index contributed by atoms with van der Waals surface area (Å²) in [5.74, 6) is 1.94. The van der Waals surface area contributed by atoms with Crippen molar-refractivity contribution in [3.63, 3.8) is 0 Å². The smallest absolute Gasteiger partial charge is 0.164 e. The quantitative estimate of drug-likeness (QED) is 0.181. The molecule has 0 bridgehead atoms. The van der Waals surface area contributed by atoms with Crippen LogP contribution in [0, 0.1) is 6.92 Å². The van der Waals surface area contributed by atoms with E-state index in [1.807, 2.05) is 60.7 Å². The molecule has 0 spiro atoms. The molecule has 0 unspecified atom stereocenters. The van der Waals surface area contributed by atoms with Crippen molar-refractivity contribution in [2.24, 2.45) is 0 Å². The van der Waals surface area contributed by atoms with Gasteiger partial charge in [0.1, 0.15) is 0 Å². The first-order valence-electron chi connectivity index (χ1n) is 18.4. The van der Waals surface area contributed by atoms with Crippen molar-refractivity contribution >= 4 is 34.4 Å². The first-order chi connectivity index (χ1) is 26.4. The average Bonchev–Trinajstić information content (AvgIpc) is 3.67. The summed E-state index contributed by atoms with van der Waals surface area (Å²) < 4.78 is 2.40. The Hall–Kier alpha value is -6.30. The molecule has 0 atom stereocenters. The number of rotatable bonds is 5. The van der Waals surface area contributed by atoms with Gasteiger partial charge in [-0.1, -0.05) is 129 Å². The molecule has 2 heterocycles. The van der Waals surface area contributed by atoms with Gasteiger partial charge in [0.25, 0.3) is 0 Å². The molecule has 0 saturated heterocycles. The molecule has 0 fully saturated rings. The Morgan fingerprint density at radius 1 is 0.500 bits per heavy atom. The maximum atomic E-state index is 5.05. The molecule has 0 aliphatic heterocycles. The van der Waals surface area contributed by atoms with Gasteiger partial charge in [0.15, 0.2) is 17.5 Å². The lowest BCUT2D eigenvalue weighted by atomic mass is 9.80. The highest BCUT2D eigenvalue weighted by atomic mass is 32.1. The van der Waals surface area contributed by atoms with Crippen LogP contribution in [0.4, 0.5) is 0 Å². The molecule has 0 saturated carbocycles. The Morgan fingerprint density at radius 2 is 1.07 bits per heavy atom. The zero-order valence-electron chi connectivity index (χ0n) is 30.2. The zero-order chi connectivity index (χ0) is 36.6. The third-order valence-electron chi connectivity index (χ3n) is 11.1. The standard InChI is InChI=1S/C49H36N4S/c1-30-14-10-11-19-35(30)44-41(54)29-27-38-42(44)37-26-28-40-43(45(37)49(38,2)3)36-20-12-13-21-39(36)53(40)34-24-22-33(23-25-34)48-51-46(31-15-6-4-7-16-31)50-47(52-48)32-17-8-5-9-18-32/h4-29,54H,1-3H3. The van der Waals surface area contributed by atoms with Crippen molar-refractivity contribution in [1.29, 1.82) is 0 Å². The van der Waals surface area contributed by atoms with Crippen molar-refractivity contribution in [2.45, 2.75) is 31.1 Å². The Balaban J connectivity index is 1.15. The number of aromatic nitrogens is 4. The van der Waals surface area contributed by atoms with Gasteiger partial charge >= 0.3 is 0 Å². The molecule has 4 nitrogen and oxygen atoms in total. The highest BCUT2D eigenvalue weighted by molar-refractivity contribution is 7.80. The third kappa shape index (κ3) is 4.96. The van der Waals surface area contributed by atoms with E-state index in [0.29, 0.717) is 17.5 Å². The Morgan fingerprint density at radius 3 is 1.72 bits per heavy atom. The second-order valence-electron chi connectivity index (χ2n) is 14.6. The fraction of sp³-hybridized carbons (Fsp3) is 0.0816. The van der Waals surface area contributed by atoms with Gasteiger partial charge in [0.05, 0.1) is 11.0 Å². The summed E-state index contributed by atoms with van der Waals surface area (Å²) >= 11 is 5.05. The van der Waals surface area contributed by atoms with Crippen molar-refractivity contribution < 1.29 is 0 Å². The number of thiol groups is 1. The van der Waals surface area contributed by atoms with Crippen molar-refractivity contribution in [2.75, 3.05) is 0 Å². The van der Waals surface area contributed by atoms with E-state index in [0.717, 1.165) is 27.3 Å². The molecule has 5 heteroatoms. The zero-order valence-corrected chi connectivity index (χ0v) is 31.1. The first kappa shape index (κ1) is 32.4. The van der Waals surface area contributed by atoms with Gasteiger partial charge in [0.2, 0.25) is 0 Å². The van der Waals surface area contributed by atoms with Crippen LogP contribution in [-0.4, -0.2) is 19.5 Å². The monoisotopic (exact) mass is 712 g/mol. The number of para-hydroxylation sites is 1. The van der Waals surface area contributed by atoms with Gasteiger partial charge in [-0.25, -0.2) is 15.0 Å². The van der Waals surface area contributed by atoms with E-state index in [1.54, 1.807) is 0 Å². The van der Waals surface area contributed by atoms with E-state index in [4.69, 9.17) is 27.6 Å². The molecule has 54 heavy (non-hydrogen) atoms. The van der Waals surface area contributed by atoms with Crippen molar-refractivity contribution in [1.82, 2.24) is 19.5 Å². The number of hydrogen-bond acceptors (Lipinski definition) is 4. The highest BCUT2D eigenvalue weighted by Gasteiger charge is 2.40. The van der Waals surface area contributed by atoms with E-state index in [2.05, 4.69) is 122 Å². The lowest BCUT2D eigenvalue weighted by Gasteiger charge is -2.23. The summed E-state index contributed by atoms with van der Waals surface area (Å²) in [5.41, 5.74) is 15.0. The molecule has 2 aromatic heterocycles. The maximum Gasteiger partial charge on any atom is 0.164 e. The molecule has 0 N–H and O–H groups in total. The molecule has 0 amide bonds. The number of fused-ring (bicyclic) bond motifs is 7. The SMILES string of the molecule is Cc1ccccc1-c1c(S)ccc2c1-c1ccc3c(c1C2(C)C)c1ccccc1n3-c1ccc(-c2nc(-c3ccccc3)nc(-c3ccccc3)n2)cc1. The number of benzene rings is 7. The van der Waals surface area contributed by atoms with Crippen LogP contribution in [0.25, 0.3) is 83.9 Å². The molecule has 1 aliphatic rings. The minimum atomic E-state index is -0.229. The predicted octanol–water partition coefficient (Wildman–Crippen LogP) is 12.5. The lowest BCUT2D eigenvalue weighted by Crippen LogP contribution is -2.15. The van der Waals surface area contributed by atoms with Gasteiger partial charge in [-0.05, 0) is 82.8 Å². The minimum Gasteiger partial charge on any atom is -0.309 e. The minimum absolute atomic E-state index is 0.229. The van der Waals surface area contributed by atoms with E-state index < -0.39 is 0 Å². The summed E-state index contributed by atoms with van der Waals surface area (Å²) in [7, 11) is 0. The summed E-state index contributed by atoms with van der Waals surface area (Å²) in [4.78, 5) is 15.8.